The number of β-amino-alcohol motifs (C(OH)–C–C–N with tert-alkyl or cyclic N) is 1. The van der Waals surface area contributed by atoms with Gasteiger partial charge in [0.15, 0.2) is 0 Å². The number of ketones is 1. The second-order valence-corrected chi connectivity index (χ2v) is 10.5. The Morgan fingerprint density at radius 1 is 1.10 bits per heavy atom. The molecule has 2 aromatic rings. The fourth-order valence-corrected chi connectivity index (χ4v) is 5.08. The van der Waals surface area contributed by atoms with Gasteiger partial charge >= 0.3 is 0 Å². The lowest BCUT2D eigenvalue weighted by molar-refractivity contribution is -0.152. The van der Waals surface area contributed by atoms with E-state index in [9.17, 15) is 28.3 Å². The van der Waals surface area contributed by atoms with Crippen molar-refractivity contribution in [2.24, 2.45) is 5.92 Å². The first-order valence-corrected chi connectivity index (χ1v) is 13.2. The smallest absolute Gasteiger partial charge is 0.290 e. The average molecular weight is 543 g/mol. The molecule has 1 aromatic carbocycles. The van der Waals surface area contributed by atoms with Crippen LogP contribution in [0.1, 0.15) is 40.9 Å². The summed E-state index contributed by atoms with van der Waals surface area (Å²) in [5, 5.41) is 15.8. The molecular weight excluding hydrogens is 510 g/mol. The molecule has 0 spiro atoms. The number of anilines is 1. The number of benzene rings is 1. The van der Waals surface area contributed by atoms with Crippen LogP contribution in [0.2, 0.25) is 0 Å². The number of carbonyl (C=O) groups excluding carboxylic acids is 3. The van der Waals surface area contributed by atoms with Crippen molar-refractivity contribution in [2.75, 3.05) is 38.0 Å². The van der Waals surface area contributed by atoms with E-state index in [1.165, 1.54) is 17.2 Å². The maximum absolute atomic E-state index is 14.9. The minimum Gasteiger partial charge on any atom is -0.390 e. The predicted octanol–water partition coefficient (Wildman–Crippen LogP) is 1.25. The van der Waals surface area contributed by atoms with Crippen LogP contribution in [0.3, 0.4) is 0 Å². The number of aliphatic hydroxyl groups is 1. The van der Waals surface area contributed by atoms with Crippen LogP contribution in [0.25, 0.3) is 0 Å². The molecule has 39 heavy (non-hydrogen) atoms. The highest BCUT2D eigenvalue weighted by molar-refractivity contribution is 6.37. The number of aliphatic hydroxyl groups excluding tert-OH is 1. The molecule has 1 saturated heterocycles. The number of halogens is 2. The number of carbonyl (C=O) groups is 3. The van der Waals surface area contributed by atoms with Crippen molar-refractivity contribution >= 4 is 23.4 Å². The SMILES string of the molecule is O=C(NC[C@H](O)CN1CCc2ccccc2C1)c1cc(NC2CCN(C(=O)C(=O)C3CC3)CC2(F)F)ncn1. The number of nitrogens with one attached hydrogen (secondary N) is 2. The Morgan fingerprint density at radius 3 is 2.62 bits per heavy atom. The third-order valence-electron chi connectivity index (χ3n) is 7.44. The quantitative estimate of drug-likeness (QED) is 0.404. The molecule has 3 heterocycles. The van der Waals surface area contributed by atoms with Crippen LogP contribution in [-0.4, -0.2) is 93.3 Å². The zero-order chi connectivity index (χ0) is 27.6. The van der Waals surface area contributed by atoms with E-state index >= 15 is 0 Å². The van der Waals surface area contributed by atoms with Gasteiger partial charge in [0.25, 0.3) is 17.7 Å². The lowest BCUT2D eigenvalue weighted by atomic mass is 10.00. The number of rotatable bonds is 9. The highest BCUT2D eigenvalue weighted by atomic mass is 19.3. The summed E-state index contributed by atoms with van der Waals surface area (Å²) in [5.74, 6) is -5.57. The Balaban J connectivity index is 1.11. The molecule has 2 fully saturated rings. The Bertz CT molecular complexity index is 1240. The number of hydrogen-bond donors (Lipinski definition) is 3. The fourth-order valence-electron chi connectivity index (χ4n) is 5.08. The number of Topliss-reactive ketones (excluding diaryl/α,β-unsaturated/α-hetero) is 1. The lowest BCUT2D eigenvalue weighted by Gasteiger charge is -2.38. The van der Waals surface area contributed by atoms with Crippen LogP contribution in [0.4, 0.5) is 14.6 Å². The molecule has 1 aromatic heterocycles. The Kier molecular flexibility index (Phi) is 7.85. The standard InChI is InChI=1S/C27H32F2N6O4/c28-27(29)15-35(26(39)24(37)18-5-6-18)10-8-22(27)33-23-11-21(31-16-32-23)25(38)30-12-20(36)14-34-9-7-17-3-1-2-4-19(17)13-34/h1-4,11,16,18,20,22,36H,5-10,12-15H2,(H,30,38)(H,31,32,33)/t20-,22?/m0/s1. The van der Waals surface area contributed by atoms with Crippen molar-refractivity contribution < 1.29 is 28.3 Å². The first kappa shape index (κ1) is 27.1. The van der Waals surface area contributed by atoms with Gasteiger partial charge in [-0.1, -0.05) is 24.3 Å². The van der Waals surface area contributed by atoms with Gasteiger partial charge in [-0.05, 0) is 36.8 Å². The topological polar surface area (TPSA) is 128 Å². The van der Waals surface area contributed by atoms with Gasteiger partial charge in [0.2, 0.25) is 5.78 Å². The normalized spacial score (nSPS) is 21.5. The molecule has 3 N–H and O–H groups in total. The van der Waals surface area contributed by atoms with Gasteiger partial charge in [0.05, 0.1) is 18.7 Å². The van der Waals surface area contributed by atoms with Crippen LogP contribution < -0.4 is 10.6 Å². The number of hydrogen-bond acceptors (Lipinski definition) is 8. The molecule has 208 valence electrons. The minimum absolute atomic E-state index is 0.00782. The van der Waals surface area contributed by atoms with Crippen LogP contribution in [0, 0.1) is 5.92 Å². The zero-order valence-corrected chi connectivity index (χ0v) is 21.5. The van der Waals surface area contributed by atoms with Gasteiger partial charge in [-0.3, -0.25) is 19.3 Å². The molecule has 0 bridgehead atoms. The summed E-state index contributed by atoms with van der Waals surface area (Å²) in [6, 6.07) is 8.13. The minimum atomic E-state index is -3.30. The zero-order valence-electron chi connectivity index (χ0n) is 21.5. The molecule has 10 nitrogen and oxygen atoms in total. The van der Waals surface area contributed by atoms with Gasteiger partial charge in [-0.25, -0.2) is 18.7 Å². The van der Waals surface area contributed by atoms with E-state index in [1.54, 1.807) is 0 Å². The highest BCUT2D eigenvalue weighted by Crippen LogP contribution is 2.33. The maximum atomic E-state index is 14.9. The lowest BCUT2D eigenvalue weighted by Crippen LogP contribution is -2.57. The number of piperidine rings is 1. The van der Waals surface area contributed by atoms with E-state index in [4.69, 9.17) is 0 Å². The van der Waals surface area contributed by atoms with Gasteiger partial charge in [-0.2, -0.15) is 0 Å². The van der Waals surface area contributed by atoms with Crippen LogP contribution in [0.15, 0.2) is 36.7 Å². The maximum Gasteiger partial charge on any atom is 0.290 e. The number of amides is 2. The summed E-state index contributed by atoms with van der Waals surface area (Å²) in [6.45, 7) is 1.11. The molecule has 1 saturated carbocycles. The monoisotopic (exact) mass is 542 g/mol. The first-order chi connectivity index (χ1) is 18.7. The third kappa shape index (κ3) is 6.56. The third-order valence-corrected chi connectivity index (χ3v) is 7.44. The second-order valence-electron chi connectivity index (χ2n) is 10.5. The van der Waals surface area contributed by atoms with E-state index < -0.39 is 42.2 Å². The Morgan fingerprint density at radius 2 is 1.87 bits per heavy atom. The van der Waals surface area contributed by atoms with E-state index in [0.717, 1.165) is 30.7 Å². The van der Waals surface area contributed by atoms with Gasteiger partial charge < -0.3 is 20.6 Å². The number of likely N-dealkylation sites (tertiary alicyclic amines) is 1. The molecule has 5 rings (SSSR count). The van der Waals surface area contributed by atoms with Crippen molar-refractivity contribution in [3.8, 4) is 0 Å². The van der Waals surface area contributed by atoms with E-state index in [-0.39, 0.29) is 36.9 Å². The molecule has 3 aliphatic rings. The average Bonchev–Trinajstić information content (AvgIpc) is 3.78. The van der Waals surface area contributed by atoms with Crippen LogP contribution >= 0.6 is 0 Å². The summed E-state index contributed by atoms with van der Waals surface area (Å²) >= 11 is 0. The largest absolute Gasteiger partial charge is 0.390 e. The van der Waals surface area contributed by atoms with E-state index in [1.807, 2.05) is 12.1 Å². The number of aromatic nitrogens is 2. The summed E-state index contributed by atoms with van der Waals surface area (Å²) < 4.78 is 29.7. The summed E-state index contributed by atoms with van der Waals surface area (Å²) in [4.78, 5) is 47.8. The summed E-state index contributed by atoms with van der Waals surface area (Å²) in [7, 11) is 0. The second kappa shape index (κ2) is 11.3. The van der Waals surface area contributed by atoms with Crippen molar-refractivity contribution in [2.45, 2.75) is 50.3 Å². The molecule has 0 radical (unpaired) electrons. The van der Waals surface area contributed by atoms with Gasteiger partial charge in [0.1, 0.15) is 17.8 Å². The Hall–Kier alpha value is -3.51. The number of alkyl halides is 2. The summed E-state index contributed by atoms with van der Waals surface area (Å²) in [5.41, 5.74) is 2.51. The number of fused-ring (bicyclic) bond motifs is 1. The molecular formula is C27H32F2N6O4. The van der Waals surface area contributed by atoms with Crippen molar-refractivity contribution in [1.29, 1.82) is 0 Å². The van der Waals surface area contributed by atoms with Crippen molar-refractivity contribution in [3.63, 3.8) is 0 Å². The molecule has 2 atom stereocenters. The van der Waals surface area contributed by atoms with E-state index in [0.29, 0.717) is 19.4 Å². The molecule has 2 amide bonds. The molecule has 1 unspecified atom stereocenters. The molecule has 12 heteroatoms. The summed E-state index contributed by atoms with van der Waals surface area (Å²) in [6.07, 6.45) is 2.39. The highest BCUT2D eigenvalue weighted by Gasteiger charge is 2.48. The number of nitrogens with zero attached hydrogens (tertiary/aromatic N) is 4. The van der Waals surface area contributed by atoms with Crippen molar-refractivity contribution in [3.05, 3.63) is 53.5 Å². The van der Waals surface area contributed by atoms with Gasteiger partial charge in [0, 0.05) is 44.7 Å². The molecule has 2 aliphatic heterocycles. The van der Waals surface area contributed by atoms with Crippen LogP contribution in [-0.2, 0) is 22.6 Å². The van der Waals surface area contributed by atoms with Crippen LogP contribution in [0.5, 0.6) is 0 Å². The first-order valence-electron chi connectivity index (χ1n) is 13.2. The Labute approximate surface area is 224 Å². The fraction of sp³-hybridized carbons (Fsp3) is 0.519. The molecule has 1 aliphatic carbocycles. The van der Waals surface area contributed by atoms with E-state index in [2.05, 4.69) is 37.6 Å². The predicted molar refractivity (Wildman–Crippen MR) is 137 cm³/mol. The van der Waals surface area contributed by atoms with Gasteiger partial charge in [-0.15, -0.1) is 0 Å². The van der Waals surface area contributed by atoms with Crippen molar-refractivity contribution in [1.82, 2.24) is 25.1 Å².